The average molecular weight is 501 g/mol. The van der Waals surface area contributed by atoms with Crippen LogP contribution >= 0.6 is 0 Å². The van der Waals surface area contributed by atoms with Crippen molar-refractivity contribution in [2.75, 3.05) is 11.1 Å². The third kappa shape index (κ3) is 5.58. The van der Waals surface area contributed by atoms with E-state index in [2.05, 4.69) is 5.32 Å². The lowest BCUT2D eigenvalue weighted by molar-refractivity contribution is -0.137. The van der Waals surface area contributed by atoms with Gasteiger partial charge in [0.25, 0.3) is 0 Å². The maximum Gasteiger partial charge on any atom is 0.417 e. The summed E-state index contributed by atoms with van der Waals surface area (Å²) in [7, 11) is -3.42. The molecule has 0 saturated carbocycles. The zero-order valence-electron chi connectivity index (χ0n) is 17.5. The number of rotatable bonds is 6. The molecule has 0 aliphatic heterocycles. The van der Waals surface area contributed by atoms with E-state index >= 15 is 0 Å². The summed E-state index contributed by atoms with van der Waals surface area (Å²) in [5.74, 6) is -4.79. The Balaban J connectivity index is 1.83. The van der Waals surface area contributed by atoms with E-state index < -0.39 is 56.1 Å². The number of amides is 1. The Morgan fingerprint density at radius 3 is 2.03 bits per heavy atom. The van der Waals surface area contributed by atoms with Crippen LogP contribution in [-0.4, -0.2) is 20.1 Å². The topological polar surface area (TPSA) is 63.2 Å². The van der Waals surface area contributed by atoms with Crippen molar-refractivity contribution in [3.8, 4) is 11.1 Å². The third-order valence-electron chi connectivity index (χ3n) is 4.91. The number of carbonyl (C=O) groups excluding carboxylic acids is 1. The summed E-state index contributed by atoms with van der Waals surface area (Å²) in [4.78, 5) is 12.3. The molecule has 0 saturated heterocycles. The Morgan fingerprint density at radius 1 is 0.912 bits per heavy atom. The first-order valence-electron chi connectivity index (χ1n) is 9.79. The Hall–Kier alpha value is -3.34. The van der Waals surface area contributed by atoms with Crippen molar-refractivity contribution >= 4 is 21.4 Å². The molecule has 180 valence electrons. The predicted octanol–water partition coefficient (Wildman–Crippen LogP) is 5.76. The first-order chi connectivity index (χ1) is 15.8. The summed E-state index contributed by atoms with van der Waals surface area (Å²) in [5, 5.41) is 2.24. The Kier molecular flexibility index (Phi) is 7.06. The van der Waals surface area contributed by atoms with Crippen LogP contribution in [0.3, 0.4) is 0 Å². The number of halogens is 6. The maximum atomic E-state index is 14.6. The normalized spacial score (nSPS) is 12.0. The molecule has 3 rings (SSSR count). The lowest BCUT2D eigenvalue weighted by atomic mass is 9.97. The van der Waals surface area contributed by atoms with Crippen LogP contribution in [0.4, 0.5) is 32.0 Å². The van der Waals surface area contributed by atoms with Crippen LogP contribution in [0.1, 0.15) is 18.1 Å². The molecule has 3 aromatic rings. The minimum absolute atomic E-state index is 0.0814. The molecule has 0 bridgehead atoms. The fourth-order valence-corrected chi connectivity index (χ4v) is 4.13. The molecule has 0 atom stereocenters. The van der Waals surface area contributed by atoms with Gasteiger partial charge in [-0.2, -0.15) is 13.2 Å². The highest BCUT2D eigenvalue weighted by molar-refractivity contribution is 7.91. The minimum atomic E-state index is -5.06. The van der Waals surface area contributed by atoms with Gasteiger partial charge in [-0.05, 0) is 47.5 Å². The molecule has 1 N–H and O–H groups in total. The van der Waals surface area contributed by atoms with E-state index in [1.807, 2.05) is 0 Å². The highest BCUT2D eigenvalue weighted by Crippen LogP contribution is 2.40. The molecule has 34 heavy (non-hydrogen) atoms. The Morgan fingerprint density at radius 2 is 1.50 bits per heavy atom. The molecule has 0 aromatic heterocycles. The molecule has 0 radical (unpaired) electrons. The van der Waals surface area contributed by atoms with E-state index in [1.54, 1.807) is 0 Å². The van der Waals surface area contributed by atoms with Gasteiger partial charge in [0, 0.05) is 5.69 Å². The minimum Gasteiger partial charge on any atom is -0.326 e. The Bertz CT molecular complexity index is 1310. The zero-order valence-corrected chi connectivity index (χ0v) is 18.3. The molecule has 0 aliphatic carbocycles. The molecule has 11 heteroatoms. The number of nitrogens with one attached hydrogen (secondary N) is 1. The second kappa shape index (κ2) is 9.49. The molecule has 4 nitrogen and oxygen atoms in total. The predicted molar refractivity (Wildman–Crippen MR) is 113 cm³/mol. The third-order valence-corrected chi connectivity index (χ3v) is 6.66. The summed E-state index contributed by atoms with van der Waals surface area (Å²) in [6.45, 7) is 1.49. The van der Waals surface area contributed by atoms with Crippen LogP contribution in [0.5, 0.6) is 0 Å². The summed E-state index contributed by atoms with van der Waals surface area (Å²) < 4.78 is 106. The summed E-state index contributed by atoms with van der Waals surface area (Å²) in [5.41, 5.74) is -3.37. The number of alkyl halides is 3. The van der Waals surface area contributed by atoms with Gasteiger partial charge in [0.2, 0.25) is 5.91 Å². The van der Waals surface area contributed by atoms with Gasteiger partial charge in [-0.3, -0.25) is 4.79 Å². The quantitative estimate of drug-likeness (QED) is 0.437. The van der Waals surface area contributed by atoms with Crippen molar-refractivity contribution in [3.05, 3.63) is 83.2 Å². The zero-order chi connectivity index (χ0) is 25.3. The number of benzene rings is 3. The fraction of sp³-hybridized carbons (Fsp3) is 0.174. The molecule has 0 spiro atoms. The van der Waals surface area contributed by atoms with Crippen molar-refractivity contribution in [1.29, 1.82) is 0 Å². The largest absolute Gasteiger partial charge is 0.417 e. The van der Waals surface area contributed by atoms with Crippen molar-refractivity contribution in [2.45, 2.75) is 24.4 Å². The fourth-order valence-electron chi connectivity index (χ4n) is 3.24. The lowest BCUT2D eigenvalue weighted by Crippen LogP contribution is -2.15. The van der Waals surface area contributed by atoms with Crippen LogP contribution in [0.15, 0.2) is 59.5 Å². The summed E-state index contributed by atoms with van der Waals surface area (Å²) in [6.07, 6.45) is -5.32. The van der Waals surface area contributed by atoms with Crippen LogP contribution in [-0.2, 0) is 27.2 Å². The number of sulfone groups is 1. The van der Waals surface area contributed by atoms with E-state index in [1.165, 1.54) is 31.2 Å². The average Bonchev–Trinajstić information content (AvgIpc) is 2.73. The second-order valence-corrected chi connectivity index (χ2v) is 9.55. The molecule has 0 heterocycles. The summed E-state index contributed by atoms with van der Waals surface area (Å²) >= 11 is 0. The monoisotopic (exact) mass is 501 g/mol. The van der Waals surface area contributed by atoms with Gasteiger partial charge in [0.05, 0.1) is 28.2 Å². The van der Waals surface area contributed by atoms with Crippen molar-refractivity contribution in [1.82, 2.24) is 0 Å². The van der Waals surface area contributed by atoms with Crippen LogP contribution < -0.4 is 5.32 Å². The first kappa shape index (κ1) is 25.3. The number of hydrogen-bond donors (Lipinski definition) is 1. The first-order valence-corrected chi connectivity index (χ1v) is 11.4. The van der Waals surface area contributed by atoms with Crippen LogP contribution in [0.25, 0.3) is 11.1 Å². The van der Waals surface area contributed by atoms with Gasteiger partial charge in [0.1, 0.15) is 17.5 Å². The standard InChI is InChI=1S/C23H17F6NO3S/c1-2-34(32,33)16-6-3-13(4-7-16)9-21(31)30-15-11-19(25)22(20(26)12-15)17-8-5-14(24)10-18(17)23(27,28)29/h3-8,10-12H,2,9H2,1H3,(H,30,31). The SMILES string of the molecule is CCS(=O)(=O)c1ccc(CC(=O)Nc2cc(F)c(-c3ccc(F)cc3C(F)(F)F)c(F)c2)cc1. The van der Waals surface area contributed by atoms with Gasteiger partial charge in [-0.25, -0.2) is 21.6 Å². The van der Waals surface area contributed by atoms with Crippen molar-refractivity contribution in [2.24, 2.45) is 0 Å². The smallest absolute Gasteiger partial charge is 0.326 e. The molecular weight excluding hydrogens is 484 g/mol. The van der Waals surface area contributed by atoms with Crippen LogP contribution in [0, 0.1) is 17.5 Å². The van der Waals surface area contributed by atoms with E-state index in [0.29, 0.717) is 29.8 Å². The molecule has 0 unspecified atom stereocenters. The molecule has 0 fully saturated rings. The number of anilines is 1. The Labute approximate surface area is 191 Å². The second-order valence-electron chi connectivity index (χ2n) is 7.27. The lowest BCUT2D eigenvalue weighted by Gasteiger charge is -2.15. The highest BCUT2D eigenvalue weighted by Gasteiger charge is 2.35. The molecular formula is C23H17F6NO3S. The van der Waals surface area contributed by atoms with Gasteiger partial charge in [-0.1, -0.05) is 25.1 Å². The van der Waals surface area contributed by atoms with Gasteiger partial charge < -0.3 is 5.32 Å². The molecule has 0 aliphatic rings. The molecule has 1 amide bonds. The number of carbonyl (C=O) groups is 1. The van der Waals surface area contributed by atoms with Crippen molar-refractivity contribution < 1.29 is 39.6 Å². The maximum absolute atomic E-state index is 14.6. The van der Waals surface area contributed by atoms with Gasteiger partial charge >= 0.3 is 6.18 Å². The van der Waals surface area contributed by atoms with E-state index in [4.69, 9.17) is 0 Å². The molecule has 3 aromatic carbocycles. The van der Waals surface area contributed by atoms with Gasteiger partial charge in [0.15, 0.2) is 9.84 Å². The number of hydrogen-bond acceptors (Lipinski definition) is 3. The van der Waals surface area contributed by atoms with E-state index in [0.717, 1.165) is 0 Å². The van der Waals surface area contributed by atoms with E-state index in [-0.39, 0.29) is 28.8 Å². The van der Waals surface area contributed by atoms with Crippen molar-refractivity contribution in [3.63, 3.8) is 0 Å². The van der Waals surface area contributed by atoms with Gasteiger partial charge in [-0.15, -0.1) is 0 Å². The van der Waals surface area contributed by atoms with E-state index in [9.17, 15) is 39.6 Å². The van der Waals surface area contributed by atoms with Crippen LogP contribution in [0.2, 0.25) is 0 Å². The highest BCUT2D eigenvalue weighted by atomic mass is 32.2. The summed E-state index contributed by atoms with van der Waals surface area (Å²) in [6, 6.07) is 8.21.